The molecule has 3 atom stereocenters. The summed E-state index contributed by atoms with van der Waals surface area (Å²) in [4.78, 5) is 0.135. The third-order valence-corrected chi connectivity index (χ3v) is 7.62. The van der Waals surface area contributed by atoms with E-state index < -0.39 is 26.4 Å². The Morgan fingerprint density at radius 1 is 1.22 bits per heavy atom. The number of benzene rings is 2. The number of sulfone groups is 1. The van der Waals surface area contributed by atoms with Gasteiger partial charge in [-0.05, 0) is 42.0 Å². The molecule has 6 nitrogen and oxygen atoms in total. The SMILES string of the molecule is COC[C@@]1(C#N)[C@@H](c2ccc3c(c2)OCO3)[C@@H]1S(=O)(=O)c1ccc(Cl)cc1. The van der Waals surface area contributed by atoms with Crippen LogP contribution in [0, 0.1) is 16.7 Å². The van der Waals surface area contributed by atoms with Crippen LogP contribution in [0.1, 0.15) is 11.5 Å². The highest BCUT2D eigenvalue weighted by Gasteiger charge is 2.72. The molecule has 0 N–H and O–H groups in total. The first-order chi connectivity index (χ1) is 12.9. The van der Waals surface area contributed by atoms with Crippen LogP contribution in [0.5, 0.6) is 11.5 Å². The van der Waals surface area contributed by atoms with Crippen molar-refractivity contribution >= 4 is 21.4 Å². The Bertz CT molecular complexity index is 1030. The van der Waals surface area contributed by atoms with E-state index in [2.05, 4.69) is 6.07 Å². The fraction of sp³-hybridized carbons (Fsp3) is 0.316. The first-order valence-electron chi connectivity index (χ1n) is 8.23. The van der Waals surface area contributed by atoms with Gasteiger partial charge in [-0.15, -0.1) is 0 Å². The van der Waals surface area contributed by atoms with Gasteiger partial charge in [-0.25, -0.2) is 8.42 Å². The third kappa shape index (κ3) is 2.76. The molecule has 0 radical (unpaired) electrons. The minimum atomic E-state index is -3.77. The van der Waals surface area contributed by atoms with E-state index in [-0.39, 0.29) is 18.3 Å². The van der Waals surface area contributed by atoms with E-state index in [4.69, 9.17) is 25.8 Å². The predicted octanol–water partition coefficient (Wildman–Crippen LogP) is 3.16. The highest BCUT2D eigenvalue weighted by atomic mass is 35.5. The number of hydrogen-bond donors (Lipinski definition) is 0. The smallest absolute Gasteiger partial charge is 0.231 e. The van der Waals surface area contributed by atoms with E-state index >= 15 is 0 Å². The second-order valence-electron chi connectivity index (χ2n) is 6.60. The van der Waals surface area contributed by atoms with Crippen molar-refractivity contribution in [2.75, 3.05) is 20.5 Å². The molecule has 0 bridgehead atoms. The van der Waals surface area contributed by atoms with Gasteiger partial charge in [0.05, 0.1) is 22.8 Å². The van der Waals surface area contributed by atoms with E-state index in [1.54, 1.807) is 18.2 Å². The number of methoxy groups -OCH3 is 1. The molecule has 2 aromatic rings. The third-order valence-electron chi connectivity index (χ3n) is 5.08. The molecular formula is C19H16ClNO5S. The lowest BCUT2D eigenvalue weighted by molar-refractivity contribution is 0.162. The predicted molar refractivity (Wildman–Crippen MR) is 97.7 cm³/mol. The molecule has 1 aliphatic heterocycles. The standard InChI is InChI=1S/C19H16ClNO5S/c1-24-10-19(9-21)17(12-2-7-15-16(8-12)26-11-25-15)18(19)27(22,23)14-5-3-13(20)4-6-14/h2-8,17-18H,10-11H2,1H3/t17-,18-,19-/m0/s1. The second kappa shape index (κ2) is 6.41. The first-order valence-corrected chi connectivity index (χ1v) is 10.2. The van der Waals surface area contributed by atoms with Crippen molar-refractivity contribution in [3.05, 3.63) is 53.1 Å². The average Bonchev–Trinajstić information content (AvgIpc) is 3.10. The molecule has 0 spiro atoms. The molecule has 8 heteroatoms. The zero-order valence-corrected chi connectivity index (χ0v) is 16.0. The highest BCUT2D eigenvalue weighted by Crippen LogP contribution is 2.64. The summed E-state index contributed by atoms with van der Waals surface area (Å²) < 4.78 is 42.5. The van der Waals surface area contributed by atoms with Crippen LogP contribution in [0.3, 0.4) is 0 Å². The van der Waals surface area contributed by atoms with Crippen molar-refractivity contribution in [2.24, 2.45) is 5.41 Å². The van der Waals surface area contributed by atoms with Crippen LogP contribution in [0.15, 0.2) is 47.4 Å². The Balaban J connectivity index is 1.78. The maximum atomic E-state index is 13.3. The first kappa shape index (κ1) is 18.1. The summed E-state index contributed by atoms with van der Waals surface area (Å²) in [6.45, 7) is 0.136. The van der Waals surface area contributed by atoms with Gasteiger partial charge in [0.2, 0.25) is 6.79 Å². The van der Waals surface area contributed by atoms with Crippen molar-refractivity contribution in [3.8, 4) is 17.6 Å². The molecule has 27 heavy (non-hydrogen) atoms. The van der Waals surface area contributed by atoms with Crippen LogP contribution in [0.4, 0.5) is 0 Å². The van der Waals surface area contributed by atoms with E-state index in [9.17, 15) is 13.7 Å². The van der Waals surface area contributed by atoms with Gasteiger partial charge in [0.1, 0.15) is 5.41 Å². The van der Waals surface area contributed by atoms with Crippen LogP contribution in [-0.2, 0) is 14.6 Å². The summed E-state index contributed by atoms with van der Waals surface area (Å²) in [5.41, 5.74) is -0.457. The highest BCUT2D eigenvalue weighted by molar-refractivity contribution is 7.92. The van der Waals surface area contributed by atoms with Gasteiger partial charge < -0.3 is 14.2 Å². The molecule has 0 unspecified atom stereocenters. The van der Waals surface area contributed by atoms with Crippen molar-refractivity contribution in [3.63, 3.8) is 0 Å². The summed E-state index contributed by atoms with van der Waals surface area (Å²) in [6.07, 6.45) is 0. The van der Waals surface area contributed by atoms with Crippen molar-refractivity contribution in [1.82, 2.24) is 0 Å². The zero-order valence-electron chi connectivity index (χ0n) is 14.4. The fourth-order valence-electron chi connectivity index (χ4n) is 3.79. The van der Waals surface area contributed by atoms with Crippen molar-refractivity contribution < 1.29 is 22.6 Å². The number of nitriles is 1. The normalized spacial score (nSPS) is 25.8. The van der Waals surface area contributed by atoms with Gasteiger partial charge in [-0.1, -0.05) is 17.7 Å². The van der Waals surface area contributed by atoms with Crippen LogP contribution >= 0.6 is 11.6 Å². The quantitative estimate of drug-likeness (QED) is 0.759. The van der Waals surface area contributed by atoms with E-state index in [0.29, 0.717) is 22.1 Å². The lowest BCUT2D eigenvalue weighted by Crippen LogP contribution is -2.19. The zero-order chi connectivity index (χ0) is 19.2. The van der Waals surface area contributed by atoms with Gasteiger partial charge in [0.15, 0.2) is 21.3 Å². The van der Waals surface area contributed by atoms with E-state index in [0.717, 1.165) is 0 Å². The largest absolute Gasteiger partial charge is 0.454 e. The summed E-state index contributed by atoms with van der Waals surface area (Å²) in [7, 11) is -2.31. The maximum absolute atomic E-state index is 13.3. The van der Waals surface area contributed by atoms with Crippen LogP contribution in [0.2, 0.25) is 5.02 Å². The Hall–Kier alpha value is -2.27. The van der Waals surface area contributed by atoms with E-state index in [1.165, 1.54) is 31.4 Å². The molecule has 0 aromatic heterocycles. The molecule has 140 valence electrons. The molecule has 0 saturated heterocycles. The number of hydrogen-bond acceptors (Lipinski definition) is 6. The molecule has 1 saturated carbocycles. The number of rotatable bonds is 5. The lowest BCUT2D eigenvalue weighted by atomic mass is 10.0. The minimum Gasteiger partial charge on any atom is -0.454 e. The molecule has 2 aromatic carbocycles. The molecule has 1 heterocycles. The Morgan fingerprint density at radius 3 is 2.59 bits per heavy atom. The molecule has 2 aliphatic rings. The van der Waals surface area contributed by atoms with Crippen LogP contribution < -0.4 is 9.47 Å². The second-order valence-corrected chi connectivity index (χ2v) is 9.10. The minimum absolute atomic E-state index is 0.0140. The van der Waals surface area contributed by atoms with Gasteiger partial charge in [-0.2, -0.15) is 5.26 Å². The number of ether oxygens (including phenoxy) is 3. The maximum Gasteiger partial charge on any atom is 0.231 e. The average molecular weight is 406 g/mol. The van der Waals surface area contributed by atoms with Gasteiger partial charge in [0.25, 0.3) is 0 Å². The van der Waals surface area contributed by atoms with Gasteiger partial charge in [0, 0.05) is 18.1 Å². The summed E-state index contributed by atoms with van der Waals surface area (Å²) in [6, 6.07) is 13.4. The lowest BCUT2D eigenvalue weighted by Gasteiger charge is -2.08. The molecular weight excluding hydrogens is 390 g/mol. The molecule has 4 rings (SSSR count). The number of fused-ring (bicyclic) bond motifs is 1. The summed E-state index contributed by atoms with van der Waals surface area (Å²) in [5.74, 6) is 0.620. The summed E-state index contributed by atoms with van der Waals surface area (Å²) >= 11 is 5.88. The van der Waals surface area contributed by atoms with Crippen molar-refractivity contribution in [1.29, 1.82) is 5.26 Å². The number of halogens is 1. The van der Waals surface area contributed by atoms with Gasteiger partial charge in [-0.3, -0.25) is 0 Å². The fourth-order valence-corrected chi connectivity index (χ4v) is 6.22. The monoisotopic (exact) mass is 405 g/mol. The van der Waals surface area contributed by atoms with Crippen LogP contribution in [-0.4, -0.2) is 34.2 Å². The summed E-state index contributed by atoms with van der Waals surface area (Å²) in [5, 5.41) is 9.39. The Kier molecular flexibility index (Phi) is 4.30. The van der Waals surface area contributed by atoms with Gasteiger partial charge >= 0.3 is 0 Å². The molecule has 1 fully saturated rings. The van der Waals surface area contributed by atoms with E-state index in [1.807, 2.05) is 0 Å². The van der Waals surface area contributed by atoms with Crippen molar-refractivity contribution in [2.45, 2.75) is 16.1 Å². The molecule has 1 aliphatic carbocycles. The Labute approximate surface area is 162 Å². The Morgan fingerprint density at radius 2 is 1.93 bits per heavy atom. The van der Waals surface area contributed by atoms with Crippen LogP contribution in [0.25, 0.3) is 0 Å². The molecule has 0 amide bonds. The topological polar surface area (TPSA) is 85.6 Å². The number of nitrogens with zero attached hydrogens (tertiary/aromatic N) is 1.